The van der Waals surface area contributed by atoms with Gasteiger partial charge in [-0.25, -0.2) is 4.79 Å². The third kappa shape index (κ3) is 2.48. The predicted octanol–water partition coefficient (Wildman–Crippen LogP) is 3.03. The number of rotatable bonds is 2. The molecule has 1 aromatic rings. The fraction of sp³-hybridized carbons (Fsp3) is 0.562. The number of carbonyl (C=O) groups excluding carboxylic acids is 1. The summed E-state index contributed by atoms with van der Waals surface area (Å²) in [7, 11) is 1.37. The molecule has 2 aliphatic heterocycles. The molecule has 0 unspecified atom stereocenters. The third-order valence-corrected chi connectivity index (χ3v) is 5.12. The van der Waals surface area contributed by atoms with E-state index in [9.17, 15) is 4.79 Å². The summed E-state index contributed by atoms with van der Waals surface area (Å²) < 4.78 is 17.9. The minimum Gasteiger partial charge on any atom is -0.465 e. The lowest BCUT2D eigenvalue weighted by atomic mass is 9.90. The van der Waals surface area contributed by atoms with Crippen LogP contribution in [0.3, 0.4) is 0 Å². The zero-order valence-electron chi connectivity index (χ0n) is 13.0. The van der Waals surface area contributed by atoms with Crippen LogP contribution < -0.4 is 14.8 Å². The SMILES string of the molecule is COC(=O)c1cc(Br)c2c(c1C)O[C@@](C)(C1CCNCC1)O2. The molecule has 0 spiro atoms. The number of halogens is 1. The zero-order valence-corrected chi connectivity index (χ0v) is 14.6. The summed E-state index contributed by atoms with van der Waals surface area (Å²) in [5.41, 5.74) is 1.24. The van der Waals surface area contributed by atoms with Crippen molar-refractivity contribution in [2.24, 2.45) is 5.92 Å². The average Bonchev–Trinajstić information content (AvgIpc) is 2.91. The lowest BCUT2D eigenvalue weighted by Gasteiger charge is -2.35. The van der Waals surface area contributed by atoms with Crippen LogP contribution in [0.2, 0.25) is 0 Å². The molecule has 6 heteroatoms. The molecule has 0 aromatic heterocycles. The van der Waals surface area contributed by atoms with Crippen molar-refractivity contribution in [2.75, 3.05) is 20.2 Å². The molecule has 0 amide bonds. The number of fused-ring (bicyclic) bond motifs is 1. The molecule has 0 saturated carbocycles. The molecular weight excluding hydrogens is 350 g/mol. The van der Waals surface area contributed by atoms with E-state index in [2.05, 4.69) is 21.2 Å². The smallest absolute Gasteiger partial charge is 0.338 e. The monoisotopic (exact) mass is 369 g/mol. The van der Waals surface area contributed by atoms with Crippen molar-refractivity contribution in [3.8, 4) is 11.5 Å². The molecule has 1 N–H and O–H groups in total. The Balaban J connectivity index is 1.97. The maximum absolute atomic E-state index is 11.9. The summed E-state index contributed by atoms with van der Waals surface area (Å²) in [6, 6.07) is 1.73. The van der Waals surface area contributed by atoms with Crippen molar-refractivity contribution >= 4 is 21.9 Å². The fourth-order valence-electron chi connectivity index (χ4n) is 3.18. The summed E-state index contributed by atoms with van der Waals surface area (Å²) in [5.74, 6) is 0.558. The van der Waals surface area contributed by atoms with Gasteiger partial charge in [0.15, 0.2) is 11.5 Å². The van der Waals surface area contributed by atoms with Gasteiger partial charge in [0.05, 0.1) is 17.1 Å². The largest absolute Gasteiger partial charge is 0.465 e. The molecule has 5 nitrogen and oxygen atoms in total. The minimum absolute atomic E-state index is 0.314. The van der Waals surface area contributed by atoms with Gasteiger partial charge in [-0.3, -0.25) is 0 Å². The van der Waals surface area contributed by atoms with Crippen LogP contribution in [0.4, 0.5) is 0 Å². The van der Waals surface area contributed by atoms with Gasteiger partial charge >= 0.3 is 5.97 Å². The molecule has 1 atom stereocenters. The van der Waals surface area contributed by atoms with E-state index in [1.54, 1.807) is 6.07 Å². The van der Waals surface area contributed by atoms with Crippen molar-refractivity contribution in [1.82, 2.24) is 5.32 Å². The first-order valence-corrected chi connectivity index (χ1v) is 8.25. The second kappa shape index (κ2) is 5.74. The third-order valence-electron chi connectivity index (χ3n) is 4.53. The van der Waals surface area contributed by atoms with Gasteiger partial charge in [-0.1, -0.05) is 0 Å². The van der Waals surface area contributed by atoms with E-state index in [1.807, 2.05) is 13.8 Å². The Hall–Kier alpha value is -1.27. The standard InChI is InChI=1S/C16H20BrNO4/c1-9-11(15(19)20-3)8-12(17)14-13(9)21-16(2,22-14)10-4-6-18-7-5-10/h8,10,18H,4-7H2,1-3H3/t16-/m1/s1. The van der Waals surface area contributed by atoms with E-state index in [0.717, 1.165) is 31.5 Å². The predicted molar refractivity (Wildman–Crippen MR) is 85.5 cm³/mol. The van der Waals surface area contributed by atoms with Crippen LogP contribution in [0.25, 0.3) is 0 Å². The van der Waals surface area contributed by atoms with E-state index in [4.69, 9.17) is 14.2 Å². The number of hydrogen-bond acceptors (Lipinski definition) is 5. The van der Waals surface area contributed by atoms with E-state index in [0.29, 0.717) is 27.5 Å². The number of piperidine rings is 1. The first-order valence-electron chi connectivity index (χ1n) is 7.46. The van der Waals surface area contributed by atoms with Gasteiger partial charge in [0, 0.05) is 18.4 Å². The summed E-state index contributed by atoms with van der Waals surface area (Å²) in [4.78, 5) is 11.9. The molecule has 0 radical (unpaired) electrons. The second-order valence-electron chi connectivity index (χ2n) is 5.93. The summed E-state index contributed by atoms with van der Waals surface area (Å²) in [6.07, 6.45) is 2.01. The van der Waals surface area contributed by atoms with Crippen LogP contribution in [0.5, 0.6) is 11.5 Å². The van der Waals surface area contributed by atoms with Gasteiger partial charge in [0.2, 0.25) is 0 Å². The van der Waals surface area contributed by atoms with Crippen molar-refractivity contribution in [3.05, 3.63) is 21.7 Å². The molecule has 22 heavy (non-hydrogen) atoms. The number of methoxy groups -OCH3 is 1. The summed E-state index contributed by atoms with van der Waals surface area (Å²) >= 11 is 3.48. The molecule has 120 valence electrons. The Morgan fingerprint density at radius 1 is 1.36 bits per heavy atom. The van der Waals surface area contributed by atoms with E-state index in [1.165, 1.54) is 7.11 Å². The van der Waals surface area contributed by atoms with Crippen molar-refractivity contribution < 1.29 is 19.0 Å². The van der Waals surface area contributed by atoms with Crippen molar-refractivity contribution in [3.63, 3.8) is 0 Å². The highest BCUT2D eigenvalue weighted by atomic mass is 79.9. The molecule has 0 bridgehead atoms. The maximum atomic E-state index is 11.9. The number of ether oxygens (including phenoxy) is 3. The van der Waals surface area contributed by atoms with Gasteiger partial charge in [-0.2, -0.15) is 0 Å². The number of hydrogen-bond donors (Lipinski definition) is 1. The van der Waals surface area contributed by atoms with Gasteiger partial charge in [-0.15, -0.1) is 0 Å². The Bertz CT molecular complexity index is 613. The molecular formula is C16H20BrNO4. The number of benzene rings is 1. The lowest BCUT2D eigenvalue weighted by Crippen LogP contribution is -2.47. The zero-order chi connectivity index (χ0) is 15.9. The van der Waals surface area contributed by atoms with Crippen molar-refractivity contribution in [1.29, 1.82) is 0 Å². The van der Waals surface area contributed by atoms with Crippen LogP contribution in [-0.4, -0.2) is 32.0 Å². The first kappa shape index (κ1) is 15.6. The van der Waals surface area contributed by atoms with E-state index >= 15 is 0 Å². The Kier molecular flexibility index (Phi) is 4.07. The highest BCUT2D eigenvalue weighted by Gasteiger charge is 2.46. The van der Waals surface area contributed by atoms with Crippen molar-refractivity contribution in [2.45, 2.75) is 32.5 Å². The van der Waals surface area contributed by atoms with Crippen LogP contribution in [0.15, 0.2) is 10.5 Å². The summed E-state index contributed by atoms with van der Waals surface area (Å²) in [6.45, 7) is 5.77. The van der Waals surface area contributed by atoms with Gasteiger partial charge < -0.3 is 19.5 Å². The summed E-state index contributed by atoms with van der Waals surface area (Å²) in [5, 5.41) is 3.35. The molecule has 0 aliphatic carbocycles. The molecule has 2 aliphatic rings. The topological polar surface area (TPSA) is 56.8 Å². The van der Waals surface area contributed by atoms with Gasteiger partial charge in [-0.05, 0) is 54.9 Å². The Morgan fingerprint density at radius 2 is 2.00 bits per heavy atom. The Labute approximate surface area is 138 Å². The fourth-order valence-corrected chi connectivity index (χ4v) is 3.67. The number of carbonyl (C=O) groups is 1. The number of esters is 1. The average molecular weight is 370 g/mol. The van der Waals surface area contributed by atoms with Crippen LogP contribution >= 0.6 is 15.9 Å². The normalized spacial score (nSPS) is 24.4. The maximum Gasteiger partial charge on any atom is 0.338 e. The van der Waals surface area contributed by atoms with E-state index < -0.39 is 5.79 Å². The van der Waals surface area contributed by atoms with Crippen LogP contribution in [0.1, 0.15) is 35.7 Å². The molecule has 1 aromatic carbocycles. The lowest BCUT2D eigenvalue weighted by molar-refractivity contribution is -0.118. The number of nitrogens with one attached hydrogen (secondary N) is 1. The van der Waals surface area contributed by atoms with Gasteiger partial charge in [0.1, 0.15) is 0 Å². The quantitative estimate of drug-likeness (QED) is 0.812. The minimum atomic E-state index is -0.688. The molecule has 1 saturated heterocycles. The molecule has 3 rings (SSSR count). The van der Waals surface area contributed by atoms with Crippen LogP contribution in [0, 0.1) is 12.8 Å². The molecule has 1 fully saturated rings. The highest BCUT2D eigenvalue weighted by molar-refractivity contribution is 9.10. The van der Waals surface area contributed by atoms with E-state index in [-0.39, 0.29) is 5.97 Å². The molecule has 2 heterocycles. The van der Waals surface area contributed by atoms with Gasteiger partial charge in [0.25, 0.3) is 5.79 Å². The second-order valence-corrected chi connectivity index (χ2v) is 6.78. The Morgan fingerprint density at radius 3 is 2.64 bits per heavy atom. The highest BCUT2D eigenvalue weighted by Crippen LogP contribution is 2.50. The first-order chi connectivity index (χ1) is 10.5. The van der Waals surface area contributed by atoms with Crippen LogP contribution in [-0.2, 0) is 4.74 Å².